The quantitative estimate of drug-likeness (QED) is 0.0169. The summed E-state index contributed by atoms with van der Waals surface area (Å²) in [4.78, 5) is 72.8. The molecule has 19 heteroatoms. The van der Waals surface area contributed by atoms with Gasteiger partial charge in [-0.25, -0.2) is 9.13 Å². The third-order valence-electron chi connectivity index (χ3n) is 15.7. The molecule has 0 rings (SSSR count). The molecule has 0 aromatic rings. The van der Waals surface area contributed by atoms with E-state index in [9.17, 15) is 43.2 Å². The van der Waals surface area contributed by atoms with E-state index in [0.717, 1.165) is 148 Å². The Labute approximate surface area is 594 Å². The Kier molecular flexibility index (Phi) is 68.0. The van der Waals surface area contributed by atoms with Crippen molar-refractivity contribution in [1.82, 2.24) is 0 Å². The Morgan fingerprint density at radius 2 is 0.551 bits per heavy atom. The van der Waals surface area contributed by atoms with E-state index in [2.05, 4.69) is 119 Å². The molecule has 0 amide bonds. The summed E-state index contributed by atoms with van der Waals surface area (Å²) < 4.78 is 68.3. The van der Waals surface area contributed by atoms with Crippen LogP contribution in [-0.4, -0.2) is 96.7 Å². The highest BCUT2D eigenvalue weighted by Gasteiger charge is 2.30. The Morgan fingerprint density at radius 3 is 0.878 bits per heavy atom. The summed E-state index contributed by atoms with van der Waals surface area (Å²) in [5, 5.41) is 10.6. The van der Waals surface area contributed by atoms with Crippen LogP contribution in [0.25, 0.3) is 0 Å². The normalized spacial score (nSPS) is 14.6. The predicted molar refractivity (Wildman–Crippen MR) is 399 cm³/mol. The number of hydrogen-bond acceptors (Lipinski definition) is 15. The summed E-state index contributed by atoms with van der Waals surface area (Å²) >= 11 is 0. The van der Waals surface area contributed by atoms with Crippen molar-refractivity contribution in [2.24, 2.45) is 0 Å². The summed E-state index contributed by atoms with van der Waals surface area (Å²) in [6.45, 7) is 4.60. The molecule has 5 atom stereocenters. The summed E-state index contributed by atoms with van der Waals surface area (Å²) in [6.07, 6.45) is 75.3. The van der Waals surface area contributed by atoms with E-state index in [1.165, 1.54) is 77.0 Å². The zero-order valence-corrected chi connectivity index (χ0v) is 63.2. The van der Waals surface area contributed by atoms with Crippen molar-refractivity contribution < 1.29 is 80.2 Å². The minimum Gasteiger partial charge on any atom is -0.462 e. The molecular formula is C79H136O17P2. The molecule has 17 nitrogen and oxygen atoms in total. The number of carbonyl (C=O) groups excluding carboxylic acids is 4. The minimum absolute atomic E-state index is 0.0329. The van der Waals surface area contributed by atoms with Gasteiger partial charge in [0.2, 0.25) is 0 Å². The van der Waals surface area contributed by atoms with E-state index in [-0.39, 0.29) is 25.7 Å². The van der Waals surface area contributed by atoms with Crippen LogP contribution in [0.3, 0.4) is 0 Å². The van der Waals surface area contributed by atoms with Crippen LogP contribution in [0.2, 0.25) is 0 Å². The van der Waals surface area contributed by atoms with Crippen LogP contribution in [0.5, 0.6) is 0 Å². The Balaban J connectivity index is 5.42. The van der Waals surface area contributed by atoms with Crippen LogP contribution in [-0.2, 0) is 65.4 Å². The number of unbranched alkanes of at least 4 members (excludes halogenated alkanes) is 27. The van der Waals surface area contributed by atoms with Crippen LogP contribution in [0.15, 0.2) is 109 Å². The lowest BCUT2D eigenvalue weighted by atomic mass is 10.1. The van der Waals surface area contributed by atoms with Gasteiger partial charge in [0.1, 0.15) is 19.3 Å². The van der Waals surface area contributed by atoms with Gasteiger partial charge < -0.3 is 33.8 Å². The van der Waals surface area contributed by atoms with Crippen molar-refractivity contribution in [3.05, 3.63) is 109 Å². The fraction of sp³-hybridized carbons (Fsp3) is 0.722. The number of aliphatic hydroxyl groups is 1. The lowest BCUT2D eigenvalue weighted by molar-refractivity contribution is -0.161. The second-order valence-electron chi connectivity index (χ2n) is 25.2. The van der Waals surface area contributed by atoms with Crippen molar-refractivity contribution in [3.63, 3.8) is 0 Å². The van der Waals surface area contributed by atoms with Gasteiger partial charge in [-0.05, 0) is 141 Å². The van der Waals surface area contributed by atoms with Gasteiger partial charge in [-0.2, -0.15) is 0 Å². The molecule has 98 heavy (non-hydrogen) atoms. The second-order valence-corrected chi connectivity index (χ2v) is 28.1. The number of phosphoric ester groups is 2. The molecule has 0 aliphatic rings. The fourth-order valence-electron chi connectivity index (χ4n) is 9.88. The first-order chi connectivity index (χ1) is 47.7. The van der Waals surface area contributed by atoms with Gasteiger partial charge in [0.05, 0.1) is 26.4 Å². The van der Waals surface area contributed by atoms with Crippen LogP contribution in [0, 0.1) is 0 Å². The molecule has 0 aliphatic carbocycles. The molecule has 2 unspecified atom stereocenters. The van der Waals surface area contributed by atoms with E-state index in [1.807, 2.05) is 18.2 Å². The maximum absolute atomic E-state index is 13.1. The first-order valence-electron chi connectivity index (χ1n) is 38.1. The molecule has 0 bridgehead atoms. The van der Waals surface area contributed by atoms with Gasteiger partial charge in [-0.3, -0.25) is 37.3 Å². The van der Waals surface area contributed by atoms with Crippen LogP contribution < -0.4 is 0 Å². The van der Waals surface area contributed by atoms with E-state index in [1.54, 1.807) is 0 Å². The molecular weight excluding hydrogens is 1280 g/mol. The molecule has 0 saturated carbocycles. The van der Waals surface area contributed by atoms with Crippen LogP contribution in [0.1, 0.15) is 310 Å². The van der Waals surface area contributed by atoms with Crippen LogP contribution in [0.4, 0.5) is 0 Å². The lowest BCUT2D eigenvalue weighted by Crippen LogP contribution is -2.30. The molecule has 0 radical (unpaired) electrons. The molecule has 3 N–H and O–H groups in total. The molecule has 0 fully saturated rings. The minimum atomic E-state index is -5.00. The van der Waals surface area contributed by atoms with Gasteiger partial charge in [0.25, 0.3) is 0 Å². The fourth-order valence-corrected chi connectivity index (χ4v) is 11.5. The van der Waals surface area contributed by atoms with Gasteiger partial charge in [-0.15, -0.1) is 0 Å². The standard InChI is InChI=1S/C79H136O17P2/c1-5-9-13-17-21-25-29-33-34-35-36-37-38-42-46-50-54-58-62-66-79(84)96-75(70-90-77(82)64-60-56-52-48-44-40-31-27-23-19-15-11-7-3)72-94-98(87,88)92-68-73(80)67-91-97(85,86)93-71-74(95-78(83)65-61-57-53-49-45-41-32-28-24-20-16-12-8-4)69-89-76(81)63-59-55-51-47-43-39-30-26-22-18-14-10-6-2/h9,13,21,25-28,30-34,36-37,42,46,54,58,73-75,80H,5-8,10-12,14-20,22-24,29,35,38-41,43-45,47-53,55-57,59-72H2,1-4H3,(H,85,86)(H,87,88)/b13-9-,25-21-,30-26-,31-27-,32-28-,34-33-,37-36-,46-42-,58-54-/t73-,74+,75+/m0/s1. The van der Waals surface area contributed by atoms with Crippen molar-refractivity contribution in [2.75, 3.05) is 39.6 Å². The number of carbonyl (C=O) groups is 4. The largest absolute Gasteiger partial charge is 0.472 e. The molecule has 0 saturated heterocycles. The van der Waals surface area contributed by atoms with Gasteiger partial charge in [-0.1, -0.05) is 253 Å². The number of rotatable bonds is 71. The van der Waals surface area contributed by atoms with E-state index in [4.69, 9.17) is 37.0 Å². The van der Waals surface area contributed by atoms with E-state index >= 15 is 0 Å². The Bertz CT molecular complexity index is 2290. The molecule has 0 aliphatic heterocycles. The first kappa shape index (κ1) is 93.7. The van der Waals surface area contributed by atoms with E-state index < -0.39 is 97.5 Å². The third-order valence-corrected chi connectivity index (χ3v) is 17.6. The molecule has 564 valence electrons. The molecule has 0 aromatic heterocycles. The maximum atomic E-state index is 13.1. The highest BCUT2D eigenvalue weighted by molar-refractivity contribution is 7.47. The number of hydrogen-bond donors (Lipinski definition) is 3. The topological polar surface area (TPSA) is 237 Å². The van der Waals surface area contributed by atoms with Gasteiger partial charge in [0.15, 0.2) is 12.2 Å². The number of ether oxygens (including phenoxy) is 4. The molecule has 0 spiro atoms. The highest BCUT2D eigenvalue weighted by Crippen LogP contribution is 2.45. The van der Waals surface area contributed by atoms with Gasteiger partial charge in [0, 0.05) is 25.7 Å². The number of allylic oxidation sites excluding steroid dienone is 18. The van der Waals surface area contributed by atoms with Crippen molar-refractivity contribution in [1.29, 1.82) is 0 Å². The third kappa shape index (κ3) is 70.2. The number of phosphoric acid groups is 2. The molecule has 0 heterocycles. The Hall–Kier alpha value is -4.28. The number of esters is 4. The van der Waals surface area contributed by atoms with Crippen molar-refractivity contribution in [2.45, 2.75) is 329 Å². The zero-order valence-electron chi connectivity index (χ0n) is 61.4. The lowest BCUT2D eigenvalue weighted by Gasteiger charge is -2.21. The van der Waals surface area contributed by atoms with E-state index in [0.29, 0.717) is 32.1 Å². The second kappa shape index (κ2) is 71.1. The Morgan fingerprint density at radius 1 is 0.296 bits per heavy atom. The average molecular weight is 1420 g/mol. The van der Waals surface area contributed by atoms with Crippen LogP contribution >= 0.6 is 15.6 Å². The number of aliphatic hydroxyl groups excluding tert-OH is 1. The summed E-state index contributed by atoms with van der Waals surface area (Å²) in [7, 11) is -9.98. The summed E-state index contributed by atoms with van der Waals surface area (Å²) in [6, 6.07) is 0. The predicted octanol–water partition coefficient (Wildman–Crippen LogP) is 21.8. The zero-order chi connectivity index (χ0) is 71.8. The van der Waals surface area contributed by atoms with Crippen molar-refractivity contribution >= 4 is 39.5 Å². The summed E-state index contributed by atoms with van der Waals surface area (Å²) in [5.74, 6) is -2.30. The average Bonchev–Trinajstić information content (AvgIpc) is 0.982. The maximum Gasteiger partial charge on any atom is 0.472 e. The van der Waals surface area contributed by atoms with Crippen molar-refractivity contribution in [3.8, 4) is 0 Å². The first-order valence-corrected chi connectivity index (χ1v) is 41.1. The SMILES string of the molecule is CC/C=C\C/C=C\C/C=C\C/C=C\C/C=C\C/C=C\CCC(=O)O[C@H](COC(=O)CCCCCCC/C=C\CCCCCC)COP(=O)(O)OC[C@@H](O)COP(=O)(O)OC[C@@H](COC(=O)CCCCCCC/C=C\CCCCCC)OC(=O)CCCCCCC/C=C\CCCCCC. The summed E-state index contributed by atoms with van der Waals surface area (Å²) in [5.41, 5.74) is 0. The molecule has 0 aromatic carbocycles. The smallest absolute Gasteiger partial charge is 0.462 e. The highest BCUT2D eigenvalue weighted by atomic mass is 31.2. The van der Waals surface area contributed by atoms with Gasteiger partial charge >= 0.3 is 39.5 Å². The monoisotopic (exact) mass is 1420 g/mol.